The van der Waals surface area contributed by atoms with Crippen LogP contribution in [0.5, 0.6) is 0 Å². The maximum Gasteiger partial charge on any atom is 0.143 e. The summed E-state index contributed by atoms with van der Waals surface area (Å²) >= 11 is 0. The van der Waals surface area contributed by atoms with Crippen molar-refractivity contribution in [2.45, 2.75) is 32.6 Å². The third-order valence-electron chi connectivity index (χ3n) is 2.59. The van der Waals surface area contributed by atoms with Gasteiger partial charge in [-0.05, 0) is 0 Å². The van der Waals surface area contributed by atoms with Gasteiger partial charge in [0.15, 0.2) is 0 Å². The summed E-state index contributed by atoms with van der Waals surface area (Å²) in [5.74, 6) is 6.80. The zero-order chi connectivity index (χ0) is 14.3. The number of hydrogen-bond donors (Lipinski definition) is 2. The minimum absolute atomic E-state index is 0.0415. The first kappa shape index (κ1) is 15.8. The molecule has 0 aliphatic carbocycles. The zero-order valence-corrected chi connectivity index (χ0v) is 12.2. The maximum atomic E-state index is 5.44. The van der Waals surface area contributed by atoms with Crippen LogP contribution in [0, 0.1) is 0 Å². The third-order valence-corrected chi connectivity index (χ3v) is 2.59. The van der Waals surface area contributed by atoms with Crippen molar-refractivity contribution in [3.63, 3.8) is 0 Å². The highest BCUT2D eigenvalue weighted by atomic mass is 16.5. The monoisotopic (exact) mass is 268 g/mol. The van der Waals surface area contributed by atoms with Crippen molar-refractivity contribution in [2.75, 3.05) is 32.4 Å². The van der Waals surface area contributed by atoms with Gasteiger partial charge in [0.05, 0.1) is 25.5 Å². The summed E-state index contributed by atoms with van der Waals surface area (Å²) in [6.45, 7) is 8.06. The summed E-state index contributed by atoms with van der Waals surface area (Å²) in [6.07, 6.45) is 0.655. The van der Waals surface area contributed by atoms with Crippen LogP contribution in [-0.4, -0.2) is 36.9 Å². The quantitative estimate of drug-likeness (QED) is 0.440. The van der Waals surface area contributed by atoms with E-state index in [9.17, 15) is 0 Å². The van der Waals surface area contributed by atoms with Crippen molar-refractivity contribution in [3.05, 3.63) is 17.6 Å². The second kappa shape index (κ2) is 7.37. The Morgan fingerprint density at radius 1 is 1.21 bits per heavy atom. The first-order valence-corrected chi connectivity index (χ1v) is 6.39. The van der Waals surface area contributed by atoms with Gasteiger partial charge in [-0.15, -0.1) is 0 Å². The van der Waals surface area contributed by atoms with E-state index >= 15 is 0 Å². The van der Waals surface area contributed by atoms with Crippen LogP contribution in [0.4, 0.5) is 5.82 Å². The number of nitrogens with two attached hydrogens (primary N) is 1. The van der Waals surface area contributed by atoms with Crippen LogP contribution in [-0.2, 0) is 21.3 Å². The van der Waals surface area contributed by atoms with E-state index in [1.165, 1.54) is 0 Å². The van der Waals surface area contributed by atoms with E-state index in [0.29, 0.717) is 32.1 Å². The highest BCUT2D eigenvalue weighted by molar-refractivity contribution is 5.36. The molecule has 1 aromatic heterocycles. The summed E-state index contributed by atoms with van der Waals surface area (Å²) in [5, 5.41) is 0. The van der Waals surface area contributed by atoms with E-state index in [4.69, 9.17) is 15.3 Å². The Balaban J connectivity index is 2.67. The molecule has 0 aliphatic heterocycles. The van der Waals surface area contributed by atoms with Gasteiger partial charge in [0.2, 0.25) is 0 Å². The molecule has 0 radical (unpaired) electrons. The molecule has 108 valence electrons. The molecule has 0 saturated heterocycles. The van der Waals surface area contributed by atoms with Gasteiger partial charge in [0, 0.05) is 25.0 Å². The summed E-state index contributed by atoms with van der Waals surface area (Å²) < 4.78 is 10.3. The second-order valence-electron chi connectivity index (χ2n) is 5.30. The smallest absolute Gasteiger partial charge is 0.143 e. The third kappa shape index (κ3) is 5.50. The molecule has 6 heteroatoms. The summed E-state index contributed by atoms with van der Waals surface area (Å²) in [7, 11) is 1.65. The number of hydrogen-bond acceptors (Lipinski definition) is 6. The fraction of sp³-hybridized carbons (Fsp3) is 0.692. The van der Waals surface area contributed by atoms with Gasteiger partial charge in [-0.1, -0.05) is 20.8 Å². The van der Waals surface area contributed by atoms with E-state index in [1.54, 1.807) is 7.11 Å². The number of nitrogens with zero attached hydrogens (tertiary/aromatic N) is 2. The normalized spacial score (nSPS) is 11.6. The second-order valence-corrected chi connectivity index (χ2v) is 5.30. The number of anilines is 1. The molecule has 19 heavy (non-hydrogen) atoms. The lowest BCUT2D eigenvalue weighted by molar-refractivity contribution is 0.0716. The summed E-state index contributed by atoms with van der Waals surface area (Å²) in [4.78, 5) is 8.88. The predicted octanol–water partition coefficient (Wildman–Crippen LogP) is 1.27. The molecule has 0 bridgehead atoms. The van der Waals surface area contributed by atoms with Crippen LogP contribution >= 0.6 is 0 Å². The van der Waals surface area contributed by atoms with Crippen LogP contribution in [0.1, 0.15) is 32.3 Å². The Kier molecular flexibility index (Phi) is 6.14. The number of methoxy groups -OCH3 is 1. The van der Waals surface area contributed by atoms with E-state index in [2.05, 4.69) is 36.2 Å². The Bertz CT molecular complexity index is 391. The number of nitrogen functional groups attached to an aromatic ring is 1. The Labute approximate surface area is 114 Å². The van der Waals surface area contributed by atoms with Crippen LogP contribution in [0.2, 0.25) is 0 Å². The lowest BCUT2D eigenvalue weighted by Gasteiger charge is -2.19. The lowest BCUT2D eigenvalue weighted by atomic mass is 9.92. The molecule has 0 atom stereocenters. The fourth-order valence-corrected chi connectivity index (χ4v) is 1.47. The first-order valence-electron chi connectivity index (χ1n) is 6.39. The molecule has 1 aromatic rings. The van der Waals surface area contributed by atoms with E-state index < -0.39 is 0 Å². The van der Waals surface area contributed by atoms with Crippen molar-refractivity contribution < 1.29 is 9.47 Å². The van der Waals surface area contributed by atoms with Crippen molar-refractivity contribution >= 4 is 5.82 Å². The Morgan fingerprint density at radius 2 is 1.95 bits per heavy atom. The van der Waals surface area contributed by atoms with Crippen LogP contribution in [0.25, 0.3) is 0 Å². The molecular formula is C13H24N4O2. The number of hydrazine groups is 1. The maximum absolute atomic E-state index is 5.44. The lowest BCUT2D eigenvalue weighted by Crippen LogP contribution is -2.19. The molecular weight excluding hydrogens is 244 g/mol. The largest absolute Gasteiger partial charge is 0.382 e. The van der Waals surface area contributed by atoms with Gasteiger partial charge in [0.25, 0.3) is 0 Å². The summed E-state index contributed by atoms with van der Waals surface area (Å²) in [5.41, 5.74) is 3.50. The topological polar surface area (TPSA) is 82.3 Å². The zero-order valence-electron chi connectivity index (χ0n) is 12.2. The Morgan fingerprint density at radius 3 is 2.53 bits per heavy atom. The molecule has 6 nitrogen and oxygen atoms in total. The first-order chi connectivity index (χ1) is 8.97. The average Bonchev–Trinajstić information content (AvgIpc) is 2.37. The fourth-order valence-electron chi connectivity index (χ4n) is 1.47. The van der Waals surface area contributed by atoms with E-state index in [1.807, 2.05) is 6.07 Å². The standard InChI is InChI=1S/C13H24N4O2/c1-13(2,3)10-9-12(17-14)16-11(15-10)5-6-19-8-7-18-4/h9H,5-8,14H2,1-4H3,(H,15,16,17). The molecule has 0 saturated carbocycles. The Hall–Kier alpha value is -1.24. The number of aromatic nitrogens is 2. The highest BCUT2D eigenvalue weighted by Crippen LogP contribution is 2.22. The molecule has 1 rings (SSSR count). The highest BCUT2D eigenvalue weighted by Gasteiger charge is 2.17. The van der Waals surface area contributed by atoms with Crippen molar-refractivity contribution in [1.29, 1.82) is 0 Å². The van der Waals surface area contributed by atoms with Crippen LogP contribution in [0.15, 0.2) is 6.07 Å². The predicted molar refractivity (Wildman–Crippen MR) is 74.9 cm³/mol. The molecule has 1 heterocycles. The minimum Gasteiger partial charge on any atom is -0.382 e. The number of rotatable bonds is 7. The molecule has 0 fully saturated rings. The van der Waals surface area contributed by atoms with Gasteiger partial charge in [-0.25, -0.2) is 15.8 Å². The molecule has 0 spiro atoms. The van der Waals surface area contributed by atoms with Crippen LogP contribution in [0.3, 0.4) is 0 Å². The van der Waals surface area contributed by atoms with Crippen LogP contribution < -0.4 is 11.3 Å². The average molecular weight is 268 g/mol. The minimum atomic E-state index is -0.0415. The summed E-state index contributed by atoms with van der Waals surface area (Å²) in [6, 6.07) is 1.87. The van der Waals surface area contributed by atoms with Crippen molar-refractivity contribution in [3.8, 4) is 0 Å². The van der Waals surface area contributed by atoms with Gasteiger partial charge in [-0.2, -0.15) is 0 Å². The molecule has 0 aromatic carbocycles. The van der Waals surface area contributed by atoms with E-state index in [0.717, 1.165) is 11.5 Å². The molecule has 0 amide bonds. The number of ether oxygens (including phenoxy) is 2. The van der Waals surface area contributed by atoms with Gasteiger partial charge in [0.1, 0.15) is 11.6 Å². The molecule has 3 N–H and O–H groups in total. The van der Waals surface area contributed by atoms with Gasteiger partial charge < -0.3 is 14.9 Å². The van der Waals surface area contributed by atoms with Gasteiger partial charge >= 0.3 is 0 Å². The molecule has 0 aliphatic rings. The van der Waals surface area contributed by atoms with Gasteiger partial charge in [-0.3, -0.25) is 0 Å². The van der Waals surface area contributed by atoms with E-state index in [-0.39, 0.29) is 5.41 Å². The van der Waals surface area contributed by atoms with Crippen molar-refractivity contribution in [2.24, 2.45) is 5.84 Å². The number of nitrogens with one attached hydrogen (secondary N) is 1. The SMILES string of the molecule is COCCOCCc1nc(NN)cc(C(C)(C)C)n1. The van der Waals surface area contributed by atoms with Crippen molar-refractivity contribution in [1.82, 2.24) is 9.97 Å². The molecule has 0 unspecified atom stereocenters.